The summed E-state index contributed by atoms with van der Waals surface area (Å²) in [5.74, 6) is 0. The molecule has 11 heterocycles. The van der Waals surface area contributed by atoms with Gasteiger partial charge in [0.15, 0.2) is 0 Å². The van der Waals surface area contributed by atoms with Crippen molar-refractivity contribution in [3.63, 3.8) is 0 Å². The van der Waals surface area contributed by atoms with Crippen molar-refractivity contribution in [1.82, 2.24) is 110 Å². The third-order valence-corrected chi connectivity index (χ3v) is 7.47. The van der Waals surface area contributed by atoms with E-state index in [4.69, 9.17) is 0 Å². The van der Waals surface area contributed by atoms with Gasteiger partial charge in [-0.15, -0.1) is 10.2 Å². The standard InChI is InChI=1S/C6H12.C6H6.3C5H5N.5C4H4N2.3C3H3N3.13C2H6.CH4/c5*1-2-4-6-5-3-1;2*1-2-6-4-3-5-1;2*1-2-5-4-6-3-1;1-2-4-6-5-3-1;1-4-2-6-3-5-1;2*1-2-5-6-3-4-1;13*1-2;/h1-6H2;1-6H;3*1-5H;5*1-4H;3*1-3H;13*1-2H3;1H4. The molecule has 22 heteroatoms. The molecule has 0 atom stereocenters. The lowest BCUT2D eigenvalue weighted by Gasteiger charge is -2.05. The number of pyridine rings is 3. The number of hydrogen-bond acceptors (Lipinski definition) is 22. The van der Waals surface area contributed by atoms with E-state index in [0.717, 1.165) is 0 Å². The highest BCUT2D eigenvalue weighted by Gasteiger charge is 1.95. The van der Waals surface area contributed by atoms with Crippen LogP contribution >= 0.6 is 0 Å². The van der Waals surface area contributed by atoms with Crippen LogP contribution in [0.4, 0.5) is 0 Å². The maximum atomic E-state index is 3.78. The van der Waals surface area contributed by atoms with E-state index < -0.39 is 0 Å². The van der Waals surface area contributed by atoms with E-state index in [-0.39, 0.29) is 7.43 Å². The Balaban J connectivity index is -0.0000000693. The Hall–Kier alpha value is -10.9. The van der Waals surface area contributed by atoms with Crippen molar-refractivity contribution < 1.29 is 0 Å². The number of hydrogen-bond donors (Lipinski definition) is 0. The average Bonchev–Trinajstić information content (AvgIpc) is 3.83. The highest BCUT2D eigenvalue weighted by atomic mass is 15.1. The molecule has 13 rings (SSSR count). The van der Waals surface area contributed by atoms with Crippen LogP contribution in [0.25, 0.3) is 0 Å². The molecule has 0 unspecified atom stereocenters. The summed E-state index contributed by atoms with van der Waals surface area (Å²) < 4.78 is 0. The van der Waals surface area contributed by atoms with Gasteiger partial charge in [-0.05, 0) is 60.7 Å². The maximum Gasteiger partial charge on any atom is 0.138 e. The summed E-state index contributed by atoms with van der Waals surface area (Å²) in [7, 11) is 0. The molecule has 1 aliphatic rings. The minimum absolute atomic E-state index is 0. The van der Waals surface area contributed by atoms with Crippen LogP contribution in [0.3, 0.4) is 0 Å². The van der Waals surface area contributed by atoms with Crippen LogP contribution in [0.5, 0.6) is 0 Å². The quantitative estimate of drug-likeness (QED) is 0.136. The van der Waals surface area contributed by atoms with Crippen molar-refractivity contribution in [3.05, 3.63) is 308 Å². The van der Waals surface area contributed by atoms with E-state index >= 15 is 0 Å². The summed E-state index contributed by atoms with van der Waals surface area (Å²) in [6, 6.07) is 36.4. The zero-order chi connectivity index (χ0) is 81.2. The average molecular weight is 1450 g/mol. The summed E-state index contributed by atoms with van der Waals surface area (Å²) in [5.41, 5.74) is 0. The first-order valence-corrected chi connectivity index (χ1v) is 36.7. The Kier molecular flexibility index (Phi) is 212. The lowest BCUT2D eigenvalue weighted by molar-refractivity contribution is 0.504. The largest absolute Gasteiger partial charge is 0.265 e. The number of aromatic nitrogens is 22. The monoisotopic (exact) mass is 1450 g/mol. The smallest absolute Gasteiger partial charge is 0.138 e. The van der Waals surface area contributed by atoms with E-state index in [0.29, 0.717) is 0 Å². The van der Waals surface area contributed by atoms with Crippen LogP contribution in [0.2, 0.25) is 0 Å². The van der Waals surface area contributed by atoms with Crippen LogP contribution in [0.1, 0.15) is 226 Å². The molecule has 0 saturated heterocycles. The number of benzene rings is 1. The van der Waals surface area contributed by atoms with Gasteiger partial charge in [0.25, 0.3) is 0 Å². The Morgan fingerprint density at radius 3 is 0.333 bits per heavy atom. The van der Waals surface area contributed by atoms with Gasteiger partial charge in [0.1, 0.15) is 44.3 Å². The highest BCUT2D eigenvalue weighted by molar-refractivity contribution is 4.99. The third-order valence-electron chi connectivity index (χ3n) is 7.47. The lowest BCUT2D eigenvalue weighted by Crippen LogP contribution is -1.85. The van der Waals surface area contributed by atoms with Gasteiger partial charge < -0.3 is 0 Å². The van der Waals surface area contributed by atoms with Gasteiger partial charge in [-0.3, -0.25) is 34.9 Å². The van der Waals surface area contributed by atoms with Gasteiger partial charge >= 0.3 is 0 Å². The fraction of sp³-hybridized carbons (Fsp3) is 0.398. The van der Waals surface area contributed by atoms with Crippen LogP contribution in [-0.4, -0.2) is 110 Å². The minimum Gasteiger partial charge on any atom is -0.265 e. The highest BCUT2D eigenvalue weighted by Crippen LogP contribution is 2.15. The molecule has 1 saturated carbocycles. The molecule has 22 nitrogen and oxygen atoms in total. The van der Waals surface area contributed by atoms with Crippen molar-refractivity contribution >= 4 is 0 Å². The second kappa shape index (κ2) is 175. The molecule has 105 heavy (non-hydrogen) atoms. The molecule has 1 fully saturated rings. The summed E-state index contributed by atoms with van der Waals surface area (Å²) in [4.78, 5) is 58.8. The van der Waals surface area contributed by atoms with E-state index in [1.54, 1.807) is 148 Å². The van der Waals surface area contributed by atoms with Crippen molar-refractivity contribution in [1.29, 1.82) is 0 Å². The van der Waals surface area contributed by atoms with Crippen LogP contribution < -0.4 is 0 Å². The molecule has 11 aromatic heterocycles. The Morgan fingerprint density at radius 1 is 0.114 bits per heavy atom. The van der Waals surface area contributed by atoms with Gasteiger partial charge in [0.2, 0.25) is 0 Å². The predicted octanol–water partition coefficient (Wildman–Crippen LogP) is 23.2. The summed E-state index contributed by atoms with van der Waals surface area (Å²) in [6.45, 7) is 52.0. The first kappa shape index (κ1) is 127. The zero-order valence-corrected chi connectivity index (χ0v) is 68.9. The van der Waals surface area contributed by atoms with Gasteiger partial charge in [0, 0.05) is 136 Å². The second-order valence-electron chi connectivity index (χ2n) is 13.2. The van der Waals surface area contributed by atoms with E-state index in [1.165, 1.54) is 95.2 Å². The fourth-order valence-corrected chi connectivity index (χ4v) is 4.26. The van der Waals surface area contributed by atoms with Crippen molar-refractivity contribution in [2.45, 2.75) is 226 Å². The summed E-state index contributed by atoms with van der Waals surface area (Å²) in [5, 5.41) is 20.9. The minimum atomic E-state index is 0. The molecule has 586 valence electrons. The third kappa shape index (κ3) is 172. The maximum absolute atomic E-state index is 3.78. The van der Waals surface area contributed by atoms with Gasteiger partial charge in [0.05, 0.1) is 12.4 Å². The summed E-state index contributed by atoms with van der Waals surface area (Å²) >= 11 is 0. The molecule has 0 amide bonds. The van der Waals surface area contributed by atoms with Gasteiger partial charge in [-0.2, -0.15) is 20.4 Å². The normalized spacial score (nSPS) is 7.60. The SMILES string of the molecule is C.C1CCCCC1.CC.CC.CC.CC.CC.CC.CC.CC.CC.CC.CC.CC.CC.c1ccccc1.c1ccncc1.c1ccncc1.c1ccncc1.c1ccnnc1.c1cnccn1.c1cnccn1.c1cncnc1.c1cncnc1.c1cnncn1.c1cnncn1.c1ncncn1. The van der Waals surface area contributed by atoms with Crippen LogP contribution in [-0.2, 0) is 0 Å². The van der Waals surface area contributed by atoms with Crippen molar-refractivity contribution in [2.75, 3.05) is 0 Å². The fourth-order valence-electron chi connectivity index (χ4n) is 4.26. The topological polar surface area (TPSA) is 284 Å². The molecule has 0 bridgehead atoms. The predicted molar refractivity (Wildman–Crippen MR) is 451 cm³/mol. The van der Waals surface area contributed by atoms with Crippen LogP contribution in [0.15, 0.2) is 308 Å². The van der Waals surface area contributed by atoms with Gasteiger partial charge in [-0.1, -0.05) is 281 Å². The molecule has 1 aromatic carbocycles. The summed E-state index contributed by atoms with van der Waals surface area (Å²) in [6.07, 6.45) is 58.9. The van der Waals surface area contributed by atoms with E-state index in [1.807, 2.05) is 283 Å². The van der Waals surface area contributed by atoms with Crippen LogP contribution in [0, 0.1) is 0 Å². The molecule has 0 radical (unpaired) electrons. The second-order valence-corrected chi connectivity index (χ2v) is 13.2. The molecule has 12 aromatic rings. The van der Waals surface area contributed by atoms with E-state index in [2.05, 4.69) is 110 Å². The lowest BCUT2D eigenvalue weighted by atomic mass is 10.0. The van der Waals surface area contributed by atoms with E-state index in [9.17, 15) is 0 Å². The van der Waals surface area contributed by atoms with Crippen molar-refractivity contribution in [3.8, 4) is 0 Å². The van der Waals surface area contributed by atoms with Gasteiger partial charge in [-0.25, -0.2) is 44.9 Å². The number of nitrogens with zero attached hydrogens (tertiary/aromatic N) is 22. The first-order valence-electron chi connectivity index (χ1n) is 36.7. The molecule has 1 aliphatic carbocycles. The molecular weight excluding hydrogens is 1310 g/mol. The first-order chi connectivity index (χ1) is 52.0. The molecular formula is C83H144N22. The zero-order valence-electron chi connectivity index (χ0n) is 68.9. The Morgan fingerprint density at radius 2 is 0.257 bits per heavy atom. The van der Waals surface area contributed by atoms with Crippen molar-refractivity contribution in [2.24, 2.45) is 0 Å². The number of rotatable bonds is 0. The Bertz CT molecular complexity index is 1710. The molecule has 0 spiro atoms. The molecule has 0 N–H and O–H groups in total. The molecule has 0 aliphatic heterocycles. The Labute approximate surface area is 641 Å².